The van der Waals surface area contributed by atoms with Gasteiger partial charge in [-0.25, -0.2) is 8.42 Å². The molecule has 2 atom stereocenters. The molecule has 0 saturated carbocycles. The van der Waals surface area contributed by atoms with Gasteiger partial charge in [0.25, 0.3) is 0 Å². The molecule has 0 N–H and O–H groups in total. The topological polar surface area (TPSA) is 78.0 Å². The second-order valence-corrected chi connectivity index (χ2v) is 11.6. The number of nitrogens with zero attached hydrogens (tertiary/aromatic N) is 3. The molecule has 4 rings (SSSR count). The van der Waals surface area contributed by atoms with Crippen LogP contribution in [-0.2, 0) is 19.6 Å². The van der Waals surface area contributed by atoms with E-state index in [-0.39, 0.29) is 16.7 Å². The summed E-state index contributed by atoms with van der Waals surface area (Å²) >= 11 is 6.02. The maximum absolute atomic E-state index is 13.3. The summed E-state index contributed by atoms with van der Waals surface area (Å²) < 4.78 is 27.8. The fraction of sp³-hybridized carbons (Fsp3) is 0.500. The Balaban J connectivity index is 1.49. The van der Waals surface area contributed by atoms with Gasteiger partial charge in [-0.15, -0.1) is 0 Å². The van der Waals surface area contributed by atoms with E-state index in [2.05, 4.69) is 6.92 Å². The van der Waals surface area contributed by atoms with Gasteiger partial charge < -0.3 is 9.80 Å². The Bertz CT molecular complexity index is 1180. The van der Waals surface area contributed by atoms with Crippen molar-refractivity contribution in [2.24, 2.45) is 5.92 Å². The van der Waals surface area contributed by atoms with Crippen LogP contribution in [0.15, 0.2) is 41.3 Å². The van der Waals surface area contributed by atoms with Crippen LogP contribution in [0.3, 0.4) is 0 Å². The Morgan fingerprint density at radius 3 is 2.39 bits per heavy atom. The van der Waals surface area contributed by atoms with Crippen LogP contribution < -0.4 is 0 Å². The van der Waals surface area contributed by atoms with Crippen LogP contribution in [0.1, 0.15) is 33.1 Å². The van der Waals surface area contributed by atoms with Crippen molar-refractivity contribution in [3.05, 3.63) is 41.4 Å². The average molecular weight is 492 g/mol. The molecule has 0 unspecified atom stereocenters. The van der Waals surface area contributed by atoms with Gasteiger partial charge in [-0.05, 0) is 67.1 Å². The lowest BCUT2D eigenvalue weighted by atomic mass is 9.99. The number of sulfonamides is 1. The number of hydrogen-bond acceptors (Lipinski definition) is 4. The summed E-state index contributed by atoms with van der Waals surface area (Å²) in [6.07, 6.45) is 2.29. The van der Waals surface area contributed by atoms with E-state index in [1.165, 1.54) is 18.0 Å². The van der Waals surface area contributed by atoms with Crippen molar-refractivity contribution in [3.8, 4) is 0 Å². The number of amides is 2. The minimum absolute atomic E-state index is 0.0606. The molecular weight excluding hydrogens is 462 g/mol. The summed E-state index contributed by atoms with van der Waals surface area (Å²) in [5.74, 6) is 0.225. The van der Waals surface area contributed by atoms with Crippen LogP contribution in [0.25, 0.3) is 10.8 Å². The van der Waals surface area contributed by atoms with Crippen LogP contribution in [0, 0.1) is 5.92 Å². The van der Waals surface area contributed by atoms with Crippen LogP contribution in [0.2, 0.25) is 5.02 Å². The Morgan fingerprint density at radius 2 is 1.70 bits per heavy atom. The maximum Gasteiger partial charge on any atom is 0.245 e. The summed E-state index contributed by atoms with van der Waals surface area (Å²) in [6, 6.07) is 8.67. The zero-order valence-corrected chi connectivity index (χ0v) is 20.8. The van der Waals surface area contributed by atoms with E-state index in [4.69, 9.17) is 11.6 Å². The molecule has 7 nitrogen and oxygen atoms in total. The van der Waals surface area contributed by atoms with Crippen molar-refractivity contribution in [2.75, 3.05) is 26.7 Å². The largest absolute Gasteiger partial charge is 0.341 e. The third kappa shape index (κ3) is 4.61. The molecule has 178 valence electrons. The molecule has 2 fully saturated rings. The van der Waals surface area contributed by atoms with Crippen LogP contribution in [-0.4, -0.2) is 73.1 Å². The average Bonchev–Trinajstić information content (AvgIpc) is 3.18. The van der Waals surface area contributed by atoms with Gasteiger partial charge in [0.2, 0.25) is 21.8 Å². The van der Waals surface area contributed by atoms with E-state index in [9.17, 15) is 18.0 Å². The molecule has 9 heteroatoms. The molecule has 2 heterocycles. The Morgan fingerprint density at radius 1 is 1.06 bits per heavy atom. The Hall–Kier alpha value is -2.16. The minimum atomic E-state index is -3.90. The molecule has 0 spiro atoms. The number of likely N-dealkylation sites (N-methyl/N-ethyl adjacent to an activating group) is 1. The molecule has 0 radical (unpaired) electrons. The lowest BCUT2D eigenvalue weighted by Crippen LogP contribution is -2.51. The second kappa shape index (κ2) is 9.24. The van der Waals surface area contributed by atoms with Crippen molar-refractivity contribution in [2.45, 2.75) is 50.1 Å². The van der Waals surface area contributed by atoms with E-state index in [1.807, 2.05) is 4.90 Å². The first kappa shape index (κ1) is 24.0. The molecular formula is C24H30ClN3O4S. The first-order valence-electron chi connectivity index (χ1n) is 11.4. The molecule has 2 amide bonds. The van der Waals surface area contributed by atoms with Gasteiger partial charge in [-0.2, -0.15) is 4.31 Å². The number of rotatable bonds is 5. The molecule has 2 saturated heterocycles. The molecule has 0 bridgehead atoms. The highest BCUT2D eigenvalue weighted by Gasteiger charge is 2.43. The van der Waals surface area contributed by atoms with Crippen molar-refractivity contribution < 1.29 is 18.0 Å². The third-order valence-corrected chi connectivity index (χ3v) is 9.12. The lowest BCUT2D eigenvalue weighted by molar-refractivity contribution is -0.144. The monoisotopic (exact) mass is 491 g/mol. The van der Waals surface area contributed by atoms with E-state index >= 15 is 0 Å². The summed E-state index contributed by atoms with van der Waals surface area (Å²) in [5, 5.41) is 2.17. The van der Waals surface area contributed by atoms with Crippen LogP contribution in [0.4, 0.5) is 0 Å². The molecule has 2 aromatic rings. The first-order chi connectivity index (χ1) is 15.6. The predicted molar refractivity (Wildman–Crippen MR) is 128 cm³/mol. The highest BCUT2D eigenvalue weighted by molar-refractivity contribution is 7.89. The Labute approximate surface area is 200 Å². The molecule has 0 aromatic heterocycles. The predicted octanol–water partition coefficient (Wildman–Crippen LogP) is 3.36. The smallest absolute Gasteiger partial charge is 0.245 e. The number of fused-ring (bicyclic) bond motifs is 1. The van der Waals surface area contributed by atoms with Crippen molar-refractivity contribution in [1.29, 1.82) is 0 Å². The number of carbonyl (C=O) groups is 2. The van der Waals surface area contributed by atoms with Gasteiger partial charge in [-0.1, -0.05) is 30.7 Å². The fourth-order valence-corrected chi connectivity index (χ4v) is 6.28. The van der Waals surface area contributed by atoms with Gasteiger partial charge in [-0.3, -0.25) is 9.59 Å². The second-order valence-electron chi connectivity index (χ2n) is 9.19. The highest BCUT2D eigenvalue weighted by atomic mass is 35.5. The zero-order valence-electron chi connectivity index (χ0n) is 19.2. The SMILES string of the molecule is CC1CCN(C(=O)[C@@H](C)N2CC[C@H](N(C)S(=O)(=O)c3ccc4cc(Cl)ccc4c3)C2=O)CC1. The fourth-order valence-electron chi connectivity index (χ4n) is 4.72. The van der Waals surface area contributed by atoms with Gasteiger partial charge in [0, 0.05) is 31.7 Å². The van der Waals surface area contributed by atoms with Crippen molar-refractivity contribution in [1.82, 2.24) is 14.1 Å². The summed E-state index contributed by atoms with van der Waals surface area (Å²) in [4.78, 5) is 29.6. The summed E-state index contributed by atoms with van der Waals surface area (Å²) in [6.45, 7) is 5.69. The van der Waals surface area contributed by atoms with Crippen molar-refractivity contribution in [3.63, 3.8) is 0 Å². The third-order valence-electron chi connectivity index (χ3n) is 7.02. The Kier molecular flexibility index (Phi) is 6.71. The van der Waals surface area contributed by atoms with Gasteiger partial charge in [0.15, 0.2) is 0 Å². The van der Waals surface area contributed by atoms with Crippen LogP contribution in [0.5, 0.6) is 0 Å². The van der Waals surface area contributed by atoms with E-state index in [0.29, 0.717) is 37.0 Å². The van der Waals surface area contributed by atoms with E-state index in [1.54, 1.807) is 37.3 Å². The van der Waals surface area contributed by atoms with Gasteiger partial charge >= 0.3 is 0 Å². The van der Waals surface area contributed by atoms with Crippen LogP contribution >= 0.6 is 11.6 Å². The number of halogens is 1. The van der Waals surface area contributed by atoms with E-state index < -0.39 is 22.1 Å². The zero-order chi connectivity index (χ0) is 23.9. The van der Waals surface area contributed by atoms with Crippen molar-refractivity contribution >= 4 is 44.2 Å². The normalized spacial score (nSPS) is 21.2. The minimum Gasteiger partial charge on any atom is -0.341 e. The molecule has 2 aliphatic heterocycles. The molecule has 0 aliphatic carbocycles. The molecule has 2 aromatic carbocycles. The highest BCUT2D eigenvalue weighted by Crippen LogP contribution is 2.28. The van der Waals surface area contributed by atoms with E-state index in [0.717, 1.165) is 27.9 Å². The standard InChI is InChI=1S/C24H30ClN3O4S/c1-16-8-11-27(12-9-16)23(29)17(2)28-13-10-22(24(28)30)26(3)33(31,32)21-7-5-18-14-20(25)6-4-19(18)15-21/h4-7,14-17,22H,8-13H2,1-3H3/t17-,22+/m1/s1. The number of likely N-dealkylation sites (tertiary alicyclic amines) is 2. The molecule has 2 aliphatic rings. The number of hydrogen-bond donors (Lipinski definition) is 0. The molecule has 33 heavy (non-hydrogen) atoms. The lowest BCUT2D eigenvalue weighted by Gasteiger charge is -2.35. The summed E-state index contributed by atoms with van der Waals surface area (Å²) in [7, 11) is -2.46. The maximum atomic E-state index is 13.3. The number of carbonyl (C=O) groups excluding carboxylic acids is 2. The van der Waals surface area contributed by atoms with Gasteiger partial charge in [0.1, 0.15) is 12.1 Å². The quantitative estimate of drug-likeness (QED) is 0.642. The van der Waals surface area contributed by atoms with Gasteiger partial charge in [0.05, 0.1) is 4.90 Å². The number of piperidine rings is 1. The summed E-state index contributed by atoms with van der Waals surface area (Å²) in [5.41, 5.74) is 0. The first-order valence-corrected chi connectivity index (χ1v) is 13.2. The number of benzene rings is 2.